The average molecular weight is 567 g/mol. The van der Waals surface area contributed by atoms with Crippen molar-refractivity contribution in [3.8, 4) is 22.3 Å². The van der Waals surface area contributed by atoms with Gasteiger partial charge in [0.25, 0.3) is 11.4 Å². The first-order valence-electron chi connectivity index (χ1n) is 12.5. The first-order valence-corrected chi connectivity index (χ1v) is 16.2. The predicted molar refractivity (Wildman–Crippen MR) is 157 cm³/mol. The van der Waals surface area contributed by atoms with Gasteiger partial charge < -0.3 is 16.2 Å². The molecule has 0 unspecified atom stereocenters. The fourth-order valence-electron chi connectivity index (χ4n) is 3.89. The zero-order valence-electron chi connectivity index (χ0n) is 23.2. The molecule has 0 atom stereocenters. The molecule has 4 rings (SSSR count). The number of nitro benzene ring substituents is 2. The Kier molecular flexibility index (Phi) is 9.39. The Morgan fingerprint density at radius 2 is 1.38 bits per heavy atom. The fourth-order valence-corrected chi connectivity index (χ4v) is 4.65. The lowest BCUT2D eigenvalue weighted by molar-refractivity contribution is -0.385. The zero-order chi connectivity index (χ0) is 29.6. The van der Waals surface area contributed by atoms with E-state index in [0.717, 1.165) is 39.7 Å². The monoisotopic (exact) mass is 566 g/mol. The molecule has 212 valence electrons. The second-order valence-corrected chi connectivity index (χ2v) is 16.0. The third-order valence-electron chi connectivity index (χ3n) is 6.15. The van der Waals surface area contributed by atoms with Crippen LogP contribution in [0.15, 0.2) is 48.5 Å². The SMILES string of the molecule is Cc1[nH]nc(N)c1-c1ccc([N+](=O)[O-])cc1.Cc1c(-c2ccc([N+](=O)[O-])cc2)c(N)nn1COCC[Si](C)(C)C. The number of hydrogen-bond acceptors (Lipinski definition) is 9. The number of non-ortho nitro benzene ring substituents is 2. The summed E-state index contributed by atoms with van der Waals surface area (Å²) in [5, 5.41) is 32.2. The van der Waals surface area contributed by atoms with Crippen molar-refractivity contribution in [2.45, 2.75) is 46.3 Å². The molecular weight excluding hydrogens is 532 g/mol. The first kappa shape index (κ1) is 30.0. The molecule has 2 aromatic carbocycles. The van der Waals surface area contributed by atoms with Crippen LogP contribution in [0.4, 0.5) is 23.0 Å². The number of nitrogen functional groups attached to an aromatic ring is 2. The van der Waals surface area contributed by atoms with E-state index in [0.29, 0.717) is 25.0 Å². The number of rotatable bonds is 9. The fraction of sp³-hybridized carbons (Fsp3) is 0.308. The highest BCUT2D eigenvalue weighted by atomic mass is 28.3. The Bertz CT molecular complexity index is 1460. The van der Waals surface area contributed by atoms with E-state index < -0.39 is 17.9 Å². The minimum absolute atomic E-state index is 0.0528. The number of benzene rings is 2. The van der Waals surface area contributed by atoms with Crippen molar-refractivity contribution in [2.75, 3.05) is 18.1 Å². The van der Waals surface area contributed by atoms with Crippen molar-refractivity contribution in [1.29, 1.82) is 0 Å². The molecule has 0 saturated carbocycles. The standard InChI is InChI=1S/C16H24N4O3Si.C10H10N4O2/c1-12-15(13-5-7-14(8-6-13)20(21)22)16(17)18-19(12)11-23-9-10-24(2,3)4;1-6-9(10(11)13-12-6)7-2-4-8(5-3-7)14(15)16/h5-8H,9-11H2,1-4H3,(H2,17,18);2-5H,1H3,(H3,11,12,13). The number of aromatic nitrogens is 4. The summed E-state index contributed by atoms with van der Waals surface area (Å²) in [5.74, 6) is 0.793. The van der Waals surface area contributed by atoms with Crippen LogP contribution in [-0.4, -0.2) is 44.5 Å². The van der Waals surface area contributed by atoms with Crippen LogP contribution in [0.1, 0.15) is 11.4 Å². The van der Waals surface area contributed by atoms with Gasteiger partial charge >= 0.3 is 0 Å². The Morgan fingerprint density at radius 3 is 1.80 bits per heavy atom. The van der Waals surface area contributed by atoms with E-state index in [1.165, 1.54) is 24.3 Å². The van der Waals surface area contributed by atoms with Gasteiger partial charge in [-0.2, -0.15) is 10.2 Å². The number of ether oxygens (including phenoxy) is 1. The second kappa shape index (κ2) is 12.5. The molecule has 40 heavy (non-hydrogen) atoms. The van der Waals surface area contributed by atoms with Gasteiger partial charge in [-0.25, -0.2) is 4.68 Å². The highest BCUT2D eigenvalue weighted by molar-refractivity contribution is 6.76. The molecule has 5 N–H and O–H groups in total. The summed E-state index contributed by atoms with van der Waals surface area (Å²) in [6.07, 6.45) is 0. The lowest BCUT2D eigenvalue weighted by Gasteiger charge is -2.15. The molecule has 14 heteroatoms. The van der Waals surface area contributed by atoms with Crippen molar-refractivity contribution >= 4 is 31.1 Å². The van der Waals surface area contributed by atoms with Crippen LogP contribution in [0.25, 0.3) is 22.3 Å². The molecule has 0 aliphatic heterocycles. The lowest BCUT2D eigenvalue weighted by Crippen LogP contribution is -2.22. The number of hydrogen-bond donors (Lipinski definition) is 3. The summed E-state index contributed by atoms with van der Waals surface area (Å²) in [6.45, 7) is 11.7. The minimum Gasteiger partial charge on any atom is -0.382 e. The maximum absolute atomic E-state index is 10.8. The van der Waals surface area contributed by atoms with Crippen LogP contribution < -0.4 is 11.5 Å². The van der Waals surface area contributed by atoms with Crippen LogP contribution in [-0.2, 0) is 11.5 Å². The van der Waals surface area contributed by atoms with E-state index in [9.17, 15) is 20.2 Å². The molecule has 4 aromatic rings. The van der Waals surface area contributed by atoms with E-state index >= 15 is 0 Å². The summed E-state index contributed by atoms with van der Waals surface area (Å²) in [5.41, 5.74) is 16.8. The summed E-state index contributed by atoms with van der Waals surface area (Å²) in [6, 6.07) is 13.6. The van der Waals surface area contributed by atoms with Gasteiger partial charge in [0.05, 0.1) is 9.85 Å². The molecule has 0 aliphatic rings. The van der Waals surface area contributed by atoms with Crippen LogP contribution in [0.2, 0.25) is 25.7 Å². The molecule has 2 heterocycles. The number of nitrogens with one attached hydrogen (secondary N) is 1. The molecule has 0 amide bonds. The molecule has 13 nitrogen and oxygen atoms in total. The molecule has 0 saturated heterocycles. The van der Waals surface area contributed by atoms with Crippen LogP contribution in [0, 0.1) is 34.1 Å². The molecule has 2 aromatic heterocycles. The lowest BCUT2D eigenvalue weighted by atomic mass is 10.1. The summed E-state index contributed by atoms with van der Waals surface area (Å²) in [7, 11) is -1.12. The van der Waals surface area contributed by atoms with Gasteiger partial charge in [0.1, 0.15) is 6.73 Å². The molecule has 0 aliphatic carbocycles. The summed E-state index contributed by atoms with van der Waals surface area (Å²) < 4.78 is 7.45. The maximum Gasteiger partial charge on any atom is 0.269 e. The van der Waals surface area contributed by atoms with Gasteiger partial charge in [0, 0.05) is 61.5 Å². The van der Waals surface area contributed by atoms with Crippen molar-refractivity contribution in [3.05, 3.63) is 80.1 Å². The topological polar surface area (TPSA) is 194 Å². The van der Waals surface area contributed by atoms with Gasteiger partial charge in [-0.1, -0.05) is 19.6 Å². The van der Waals surface area contributed by atoms with Crippen LogP contribution >= 0.6 is 0 Å². The van der Waals surface area contributed by atoms with Crippen LogP contribution in [0.5, 0.6) is 0 Å². The molecule has 0 radical (unpaired) electrons. The van der Waals surface area contributed by atoms with Gasteiger partial charge in [-0.15, -0.1) is 0 Å². The predicted octanol–water partition coefficient (Wildman–Crippen LogP) is 5.54. The smallest absolute Gasteiger partial charge is 0.269 e. The van der Waals surface area contributed by atoms with E-state index in [1.807, 2.05) is 13.8 Å². The highest BCUT2D eigenvalue weighted by Gasteiger charge is 2.17. The molecule has 0 spiro atoms. The first-order chi connectivity index (χ1) is 18.8. The number of anilines is 2. The summed E-state index contributed by atoms with van der Waals surface area (Å²) in [4.78, 5) is 20.4. The highest BCUT2D eigenvalue weighted by Crippen LogP contribution is 2.31. The average Bonchev–Trinajstić information content (AvgIpc) is 3.38. The van der Waals surface area contributed by atoms with Crippen LogP contribution in [0.3, 0.4) is 0 Å². The largest absolute Gasteiger partial charge is 0.382 e. The van der Waals surface area contributed by atoms with Crippen molar-refractivity contribution < 1.29 is 14.6 Å². The van der Waals surface area contributed by atoms with Gasteiger partial charge in [-0.3, -0.25) is 25.3 Å². The van der Waals surface area contributed by atoms with E-state index in [4.69, 9.17) is 16.2 Å². The maximum atomic E-state index is 10.8. The minimum atomic E-state index is -1.12. The number of nitrogens with two attached hydrogens (primary N) is 2. The normalized spacial score (nSPS) is 11.1. The Morgan fingerprint density at radius 1 is 0.875 bits per heavy atom. The number of aryl methyl sites for hydroxylation is 1. The van der Waals surface area contributed by atoms with E-state index in [2.05, 4.69) is 34.9 Å². The number of aromatic amines is 1. The van der Waals surface area contributed by atoms with Gasteiger partial charge in [-0.05, 0) is 55.3 Å². The Labute approximate surface area is 232 Å². The zero-order valence-corrected chi connectivity index (χ0v) is 24.2. The van der Waals surface area contributed by atoms with Crippen molar-refractivity contribution in [3.63, 3.8) is 0 Å². The van der Waals surface area contributed by atoms with Gasteiger partial charge in [0.2, 0.25) is 0 Å². The molecule has 0 bridgehead atoms. The van der Waals surface area contributed by atoms with E-state index in [-0.39, 0.29) is 11.4 Å². The van der Waals surface area contributed by atoms with Gasteiger partial charge in [0.15, 0.2) is 11.6 Å². The van der Waals surface area contributed by atoms with Crippen molar-refractivity contribution in [1.82, 2.24) is 20.0 Å². The summed E-state index contributed by atoms with van der Waals surface area (Å²) >= 11 is 0. The Balaban J connectivity index is 0.000000238. The second-order valence-electron chi connectivity index (χ2n) is 10.4. The molecule has 0 fully saturated rings. The Hall–Kier alpha value is -4.56. The number of H-pyrrole nitrogens is 1. The third-order valence-corrected chi connectivity index (χ3v) is 7.86. The number of nitro groups is 2. The number of nitrogens with zero attached hydrogens (tertiary/aromatic N) is 5. The quantitative estimate of drug-likeness (QED) is 0.101. The third kappa shape index (κ3) is 7.51. The molecular formula is C26H34N8O5Si. The van der Waals surface area contributed by atoms with E-state index in [1.54, 1.807) is 28.9 Å². The van der Waals surface area contributed by atoms with Crippen molar-refractivity contribution in [2.24, 2.45) is 0 Å².